The van der Waals surface area contributed by atoms with Crippen LogP contribution in [-0.2, 0) is 27.4 Å². The van der Waals surface area contributed by atoms with Gasteiger partial charge in [0, 0.05) is 6.54 Å². The monoisotopic (exact) mass is 410 g/mol. The van der Waals surface area contributed by atoms with Crippen LogP contribution in [0.15, 0.2) is 60.7 Å². The number of nitrogens with one attached hydrogen (secondary N) is 2. The van der Waals surface area contributed by atoms with Gasteiger partial charge in [-0.2, -0.15) is 13.2 Å². The van der Waals surface area contributed by atoms with Gasteiger partial charge in [-0.1, -0.05) is 60.7 Å². The van der Waals surface area contributed by atoms with Gasteiger partial charge in [0.2, 0.25) is 0 Å². The maximum Gasteiger partial charge on any atom is 0.436 e. The molecule has 1 atom stereocenters. The number of hydrogen-bond donors (Lipinski definition) is 2. The normalized spacial score (nSPS) is 13.2. The SMILES string of the molecule is CCOC(=O)[C@](NCc1ccccc1)(NC(=O)OCc1ccccc1)C(F)(F)F. The highest BCUT2D eigenvalue weighted by atomic mass is 19.4. The van der Waals surface area contributed by atoms with Crippen molar-refractivity contribution in [2.24, 2.45) is 0 Å². The van der Waals surface area contributed by atoms with Gasteiger partial charge in [0.15, 0.2) is 0 Å². The van der Waals surface area contributed by atoms with Crippen LogP contribution in [-0.4, -0.2) is 30.5 Å². The van der Waals surface area contributed by atoms with Crippen molar-refractivity contribution in [1.82, 2.24) is 10.6 Å². The smallest absolute Gasteiger partial charge is 0.436 e. The lowest BCUT2D eigenvalue weighted by Crippen LogP contribution is -2.72. The molecular weight excluding hydrogens is 389 g/mol. The van der Waals surface area contributed by atoms with Crippen LogP contribution in [0.4, 0.5) is 18.0 Å². The first kappa shape index (κ1) is 22.2. The molecule has 29 heavy (non-hydrogen) atoms. The summed E-state index contributed by atoms with van der Waals surface area (Å²) in [6, 6.07) is 16.5. The largest absolute Gasteiger partial charge is 0.463 e. The van der Waals surface area contributed by atoms with E-state index in [1.165, 1.54) is 6.92 Å². The summed E-state index contributed by atoms with van der Waals surface area (Å²) >= 11 is 0. The zero-order chi connectivity index (χ0) is 21.3. The third-order valence-electron chi connectivity index (χ3n) is 3.91. The summed E-state index contributed by atoms with van der Waals surface area (Å²) in [5, 5.41) is 3.72. The van der Waals surface area contributed by atoms with Crippen LogP contribution in [0.3, 0.4) is 0 Å². The summed E-state index contributed by atoms with van der Waals surface area (Å²) in [5.41, 5.74) is -2.41. The number of carbonyl (C=O) groups excluding carboxylic acids is 2. The zero-order valence-corrected chi connectivity index (χ0v) is 15.7. The fourth-order valence-electron chi connectivity index (χ4n) is 2.44. The average molecular weight is 410 g/mol. The second-order valence-electron chi connectivity index (χ2n) is 5.99. The molecule has 0 heterocycles. The minimum atomic E-state index is -5.19. The Kier molecular flexibility index (Phi) is 7.60. The molecular formula is C20H21F3N2O4. The Balaban J connectivity index is 2.21. The van der Waals surface area contributed by atoms with Gasteiger partial charge in [-0.15, -0.1) is 0 Å². The van der Waals surface area contributed by atoms with Crippen LogP contribution in [0, 0.1) is 0 Å². The zero-order valence-electron chi connectivity index (χ0n) is 15.7. The van der Waals surface area contributed by atoms with Crippen molar-refractivity contribution in [3.63, 3.8) is 0 Å². The second kappa shape index (κ2) is 9.92. The fraction of sp³-hybridized carbons (Fsp3) is 0.300. The number of alkyl carbamates (subject to hydrolysis) is 1. The summed E-state index contributed by atoms with van der Waals surface area (Å²) in [5.74, 6) is -1.68. The van der Waals surface area contributed by atoms with E-state index >= 15 is 0 Å². The quantitative estimate of drug-likeness (QED) is 0.514. The first-order valence-electron chi connectivity index (χ1n) is 8.80. The molecule has 0 spiro atoms. The van der Waals surface area contributed by atoms with Crippen molar-refractivity contribution in [1.29, 1.82) is 0 Å². The minimum Gasteiger partial charge on any atom is -0.463 e. The first-order chi connectivity index (χ1) is 13.8. The number of halogens is 3. The fourth-order valence-corrected chi connectivity index (χ4v) is 2.44. The van der Waals surface area contributed by atoms with E-state index in [1.807, 2.05) is 0 Å². The number of hydrogen-bond acceptors (Lipinski definition) is 5. The van der Waals surface area contributed by atoms with Gasteiger partial charge in [0.1, 0.15) is 6.61 Å². The molecule has 0 unspecified atom stereocenters. The van der Waals surface area contributed by atoms with Crippen molar-refractivity contribution in [2.75, 3.05) is 6.61 Å². The summed E-state index contributed by atoms with van der Waals surface area (Å²) < 4.78 is 51.3. The number of amides is 1. The minimum absolute atomic E-state index is 0.262. The van der Waals surface area contributed by atoms with Crippen molar-refractivity contribution in [3.8, 4) is 0 Å². The molecule has 156 valence electrons. The Morgan fingerprint density at radius 3 is 1.97 bits per heavy atom. The predicted octanol–water partition coefficient (Wildman–Crippen LogP) is 3.52. The molecule has 0 fully saturated rings. The van der Waals surface area contributed by atoms with Crippen LogP contribution in [0.25, 0.3) is 0 Å². The molecule has 0 bridgehead atoms. The van der Waals surface area contributed by atoms with Crippen LogP contribution in [0.2, 0.25) is 0 Å². The van der Waals surface area contributed by atoms with Crippen LogP contribution in [0.5, 0.6) is 0 Å². The molecule has 2 N–H and O–H groups in total. The van der Waals surface area contributed by atoms with E-state index in [-0.39, 0.29) is 19.8 Å². The molecule has 0 aliphatic heterocycles. The molecule has 2 aromatic carbocycles. The Morgan fingerprint density at radius 1 is 0.897 bits per heavy atom. The van der Waals surface area contributed by atoms with Gasteiger partial charge < -0.3 is 9.47 Å². The van der Waals surface area contributed by atoms with Crippen LogP contribution >= 0.6 is 0 Å². The van der Waals surface area contributed by atoms with E-state index in [2.05, 4.69) is 10.1 Å². The molecule has 2 aromatic rings. The molecule has 0 aromatic heterocycles. The Hall–Kier alpha value is -3.07. The maximum atomic E-state index is 13.9. The topological polar surface area (TPSA) is 76.7 Å². The molecule has 0 saturated heterocycles. The summed E-state index contributed by atoms with van der Waals surface area (Å²) in [7, 11) is 0. The van der Waals surface area contributed by atoms with Gasteiger partial charge in [-0.05, 0) is 18.1 Å². The van der Waals surface area contributed by atoms with Gasteiger partial charge in [0.25, 0.3) is 5.66 Å². The number of benzene rings is 2. The molecule has 0 radical (unpaired) electrons. The summed E-state index contributed by atoms with van der Waals surface area (Å²) in [6.07, 6.45) is -6.61. The van der Waals surface area contributed by atoms with E-state index in [0.29, 0.717) is 11.1 Å². The van der Waals surface area contributed by atoms with E-state index in [9.17, 15) is 22.8 Å². The maximum absolute atomic E-state index is 13.9. The average Bonchev–Trinajstić information content (AvgIpc) is 2.70. The van der Waals surface area contributed by atoms with Crippen molar-refractivity contribution < 1.29 is 32.2 Å². The van der Waals surface area contributed by atoms with Gasteiger partial charge in [-0.25, -0.2) is 9.59 Å². The van der Waals surface area contributed by atoms with Gasteiger partial charge in [0.05, 0.1) is 6.61 Å². The Morgan fingerprint density at radius 2 is 1.45 bits per heavy atom. The number of ether oxygens (including phenoxy) is 2. The highest BCUT2D eigenvalue weighted by molar-refractivity contribution is 5.86. The van der Waals surface area contributed by atoms with E-state index in [1.54, 1.807) is 66.0 Å². The predicted molar refractivity (Wildman–Crippen MR) is 98.5 cm³/mol. The summed E-state index contributed by atoms with van der Waals surface area (Å²) in [4.78, 5) is 24.4. The van der Waals surface area contributed by atoms with Gasteiger partial charge in [-0.3, -0.25) is 10.6 Å². The van der Waals surface area contributed by atoms with Crippen molar-refractivity contribution in [2.45, 2.75) is 31.9 Å². The number of esters is 1. The lowest BCUT2D eigenvalue weighted by atomic mass is 10.1. The first-order valence-corrected chi connectivity index (χ1v) is 8.80. The Bertz CT molecular complexity index is 800. The number of carbonyl (C=O) groups is 2. The highest BCUT2D eigenvalue weighted by Crippen LogP contribution is 2.30. The highest BCUT2D eigenvalue weighted by Gasteiger charge is 2.63. The molecule has 0 aliphatic rings. The third-order valence-corrected chi connectivity index (χ3v) is 3.91. The number of rotatable bonds is 8. The molecule has 9 heteroatoms. The molecule has 0 saturated carbocycles. The van der Waals surface area contributed by atoms with Gasteiger partial charge >= 0.3 is 18.2 Å². The lowest BCUT2D eigenvalue weighted by Gasteiger charge is -2.34. The van der Waals surface area contributed by atoms with E-state index in [4.69, 9.17) is 4.74 Å². The lowest BCUT2D eigenvalue weighted by molar-refractivity contribution is -0.219. The third kappa shape index (κ3) is 5.95. The van der Waals surface area contributed by atoms with E-state index in [0.717, 1.165) is 0 Å². The Labute approximate surface area is 166 Å². The molecule has 2 rings (SSSR count). The summed E-state index contributed by atoms with van der Waals surface area (Å²) in [6.45, 7) is 0.453. The second-order valence-corrected chi connectivity index (χ2v) is 5.99. The standard InChI is InChI=1S/C20H21F3N2O4/c1-2-28-17(26)19(20(21,22)23,24-13-15-9-5-3-6-10-15)25-18(27)29-14-16-11-7-4-8-12-16/h3-12,24H,2,13-14H2,1H3,(H,25,27)/t19-/m0/s1. The number of alkyl halides is 3. The molecule has 1 amide bonds. The van der Waals surface area contributed by atoms with Crippen molar-refractivity contribution in [3.05, 3.63) is 71.8 Å². The van der Waals surface area contributed by atoms with Crippen molar-refractivity contribution >= 4 is 12.1 Å². The van der Waals surface area contributed by atoms with Crippen LogP contribution in [0.1, 0.15) is 18.1 Å². The van der Waals surface area contributed by atoms with Crippen LogP contribution < -0.4 is 10.6 Å². The van der Waals surface area contributed by atoms with E-state index < -0.39 is 23.9 Å². The molecule has 0 aliphatic carbocycles. The molecule has 6 nitrogen and oxygen atoms in total.